The molecule has 0 spiro atoms. The predicted octanol–water partition coefficient (Wildman–Crippen LogP) is 2.23. The van der Waals surface area contributed by atoms with Crippen molar-refractivity contribution >= 4 is 38.4 Å². The lowest BCUT2D eigenvalue weighted by Gasteiger charge is -1.97. The van der Waals surface area contributed by atoms with Crippen molar-refractivity contribution in [1.29, 1.82) is 0 Å². The zero-order chi connectivity index (χ0) is 12.0. The Morgan fingerprint density at radius 1 is 1.50 bits per heavy atom. The second-order valence-corrected chi connectivity index (χ2v) is 3.85. The number of hydrogen-bond donors (Lipinski definition) is 0. The van der Waals surface area contributed by atoms with Crippen molar-refractivity contribution < 1.29 is 14.3 Å². The van der Waals surface area contributed by atoms with Gasteiger partial charge in [0, 0.05) is 46.6 Å². The number of aromatic nitrogens is 1. The third-order valence-electron chi connectivity index (χ3n) is 1.68. The largest absolute Gasteiger partial charge is 0.463 e. The van der Waals surface area contributed by atoms with E-state index in [1.54, 1.807) is 47.9 Å². The van der Waals surface area contributed by atoms with Crippen LogP contribution in [-0.2, 0) is 9.53 Å². The Balaban J connectivity index is 2.77. The molecule has 0 saturated carbocycles. The fourth-order valence-corrected chi connectivity index (χ4v) is 1.31. The summed E-state index contributed by atoms with van der Waals surface area (Å²) in [6, 6.07) is 1.66. The fraction of sp³-hybridized carbons (Fsp3) is 0.182. The van der Waals surface area contributed by atoms with Gasteiger partial charge in [0.05, 0.1) is 6.61 Å². The standard InChI is InChI=1S/C11H10INO3/c1-2-16-10(14)4-3-8-5-9(11(12)15)7-13-6-8/h3-7H,2H2,1H3/b4-3+. The highest BCUT2D eigenvalue weighted by atomic mass is 127. The van der Waals surface area contributed by atoms with E-state index in [9.17, 15) is 9.59 Å². The summed E-state index contributed by atoms with van der Waals surface area (Å²) >= 11 is 1.69. The number of carbonyl (C=O) groups is 2. The number of nitrogens with zero attached hydrogens (tertiary/aromatic N) is 1. The summed E-state index contributed by atoms with van der Waals surface area (Å²) in [5.74, 6) is -0.409. The van der Waals surface area contributed by atoms with Crippen LogP contribution in [0.1, 0.15) is 22.8 Å². The van der Waals surface area contributed by atoms with Crippen LogP contribution in [-0.4, -0.2) is 21.4 Å². The monoisotopic (exact) mass is 331 g/mol. The lowest BCUT2D eigenvalue weighted by molar-refractivity contribution is -0.137. The van der Waals surface area contributed by atoms with Gasteiger partial charge in [-0.2, -0.15) is 0 Å². The van der Waals surface area contributed by atoms with Gasteiger partial charge in [0.2, 0.25) is 3.79 Å². The van der Waals surface area contributed by atoms with Gasteiger partial charge in [0.1, 0.15) is 0 Å². The Bertz CT molecular complexity index is 429. The normalized spacial score (nSPS) is 10.4. The quantitative estimate of drug-likeness (QED) is 0.367. The minimum Gasteiger partial charge on any atom is -0.463 e. The molecule has 0 aliphatic heterocycles. The van der Waals surface area contributed by atoms with Crippen molar-refractivity contribution in [2.45, 2.75) is 6.92 Å². The molecule has 1 aromatic rings. The summed E-state index contributed by atoms with van der Waals surface area (Å²) in [5.41, 5.74) is 1.20. The molecule has 4 nitrogen and oxygen atoms in total. The molecule has 0 radical (unpaired) electrons. The zero-order valence-electron chi connectivity index (χ0n) is 8.64. The number of halogens is 1. The Hall–Kier alpha value is -1.24. The molecule has 0 saturated heterocycles. The van der Waals surface area contributed by atoms with E-state index >= 15 is 0 Å². The highest BCUT2D eigenvalue weighted by Gasteiger charge is 2.01. The minimum absolute atomic E-state index is 0.0866. The van der Waals surface area contributed by atoms with Crippen LogP contribution in [0.5, 0.6) is 0 Å². The molecule has 1 aromatic heterocycles. The smallest absolute Gasteiger partial charge is 0.330 e. The molecule has 0 aliphatic carbocycles. The summed E-state index contributed by atoms with van der Waals surface area (Å²) in [6.45, 7) is 2.08. The van der Waals surface area contributed by atoms with Crippen molar-refractivity contribution in [3.05, 3.63) is 35.7 Å². The molecule has 5 heteroatoms. The van der Waals surface area contributed by atoms with Crippen LogP contribution >= 0.6 is 22.6 Å². The van der Waals surface area contributed by atoms with Crippen molar-refractivity contribution in [1.82, 2.24) is 4.98 Å². The zero-order valence-corrected chi connectivity index (χ0v) is 10.8. The maximum Gasteiger partial charge on any atom is 0.330 e. The maximum atomic E-state index is 11.1. The second-order valence-electron chi connectivity index (χ2n) is 2.87. The van der Waals surface area contributed by atoms with Gasteiger partial charge >= 0.3 is 5.97 Å². The third-order valence-corrected chi connectivity index (χ3v) is 2.31. The highest BCUT2D eigenvalue weighted by Crippen LogP contribution is 2.08. The molecule has 0 fully saturated rings. The number of hydrogen-bond acceptors (Lipinski definition) is 4. The molecule has 1 heterocycles. The van der Waals surface area contributed by atoms with Crippen molar-refractivity contribution in [3.8, 4) is 0 Å². The topological polar surface area (TPSA) is 56.3 Å². The second kappa shape index (κ2) is 6.37. The Kier molecular flexibility index (Phi) is 5.10. The first kappa shape index (κ1) is 12.8. The van der Waals surface area contributed by atoms with Crippen LogP contribution in [0.15, 0.2) is 24.5 Å². The van der Waals surface area contributed by atoms with Gasteiger partial charge in [-0.3, -0.25) is 9.78 Å². The number of ether oxygens (including phenoxy) is 1. The first-order chi connectivity index (χ1) is 7.63. The highest BCUT2D eigenvalue weighted by molar-refractivity contribution is 14.1. The molecule has 0 aliphatic rings. The summed E-state index contributed by atoms with van der Waals surface area (Å²) in [6.07, 6.45) is 5.92. The van der Waals surface area contributed by atoms with E-state index in [1.807, 2.05) is 0 Å². The van der Waals surface area contributed by atoms with Gasteiger partial charge in [-0.05, 0) is 24.6 Å². The molecule has 16 heavy (non-hydrogen) atoms. The predicted molar refractivity (Wildman–Crippen MR) is 68.3 cm³/mol. The average molecular weight is 331 g/mol. The van der Waals surface area contributed by atoms with Crippen LogP contribution in [0.4, 0.5) is 0 Å². The van der Waals surface area contributed by atoms with E-state index in [-0.39, 0.29) is 3.79 Å². The van der Waals surface area contributed by atoms with E-state index in [4.69, 9.17) is 4.74 Å². The van der Waals surface area contributed by atoms with E-state index in [2.05, 4.69) is 4.98 Å². The molecule has 1 rings (SSSR count). The van der Waals surface area contributed by atoms with E-state index in [0.29, 0.717) is 17.7 Å². The number of esters is 1. The van der Waals surface area contributed by atoms with Gasteiger partial charge in [-0.15, -0.1) is 0 Å². The van der Waals surface area contributed by atoms with Crippen LogP contribution < -0.4 is 0 Å². The molecular weight excluding hydrogens is 321 g/mol. The molecule has 0 N–H and O–H groups in total. The molecule has 0 unspecified atom stereocenters. The minimum atomic E-state index is -0.409. The number of rotatable bonds is 4. The Morgan fingerprint density at radius 3 is 2.88 bits per heavy atom. The average Bonchev–Trinajstić information content (AvgIpc) is 2.27. The van der Waals surface area contributed by atoms with Gasteiger partial charge in [-0.25, -0.2) is 4.79 Å². The summed E-state index contributed by atoms with van der Waals surface area (Å²) in [5, 5.41) is 0. The van der Waals surface area contributed by atoms with Crippen molar-refractivity contribution in [3.63, 3.8) is 0 Å². The molecule has 0 atom stereocenters. The van der Waals surface area contributed by atoms with Crippen LogP contribution in [0.2, 0.25) is 0 Å². The summed E-state index contributed by atoms with van der Waals surface area (Å²) < 4.78 is 4.64. The number of carbonyl (C=O) groups excluding carboxylic acids is 2. The number of pyridine rings is 1. The van der Waals surface area contributed by atoms with E-state index in [0.717, 1.165) is 0 Å². The molecule has 0 amide bonds. The molecule has 0 aromatic carbocycles. The maximum absolute atomic E-state index is 11.1. The lowest BCUT2D eigenvalue weighted by Crippen LogP contribution is -1.98. The first-order valence-corrected chi connectivity index (χ1v) is 5.71. The van der Waals surface area contributed by atoms with Gasteiger partial charge < -0.3 is 4.74 Å². The molecular formula is C11H10INO3. The summed E-state index contributed by atoms with van der Waals surface area (Å²) in [4.78, 5) is 26.0. The summed E-state index contributed by atoms with van der Waals surface area (Å²) in [7, 11) is 0. The third kappa shape index (κ3) is 4.09. The van der Waals surface area contributed by atoms with Crippen LogP contribution in [0, 0.1) is 0 Å². The van der Waals surface area contributed by atoms with Gasteiger partial charge in [0.25, 0.3) is 0 Å². The van der Waals surface area contributed by atoms with Crippen molar-refractivity contribution in [2.24, 2.45) is 0 Å². The lowest BCUT2D eigenvalue weighted by atomic mass is 10.2. The van der Waals surface area contributed by atoms with Crippen LogP contribution in [0.25, 0.3) is 6.08 Å². The van der Waals surface area contributed by atoms with Crippen LogP contribution in [0.3, 0.4) is 0 Å². The van der Waals surface area contributed by atoms with Crippen molar-refractivity contribution in [2.75, 3.05) is 6.61 Å². The Morgan fingerprint density at radius 2 is 2.25 bits per heavy atom. The Labute approximate surface area is 107 Å². The molecule has 0 bridgehead atoms. The fourth-order valence-electron chi connectivity index (χ4n) is 1.01. The van der Waals surface area contributed by atoms with Gasteiger partial charge in [0.15, 0.2) is 0 Å². The molecule has 84 valence electrons. The first-order valence-electron chi connectivity index (χ1n) is 4.63. The van der Waals surface area contributed by atoms with E-state index < -0.39 is 5.97 Å². The van der Waals surface area contributed by atoms with E-state index in [1.165, 1.54) is 12.3 Å². The van der Waals surface area contributed by atoms with Gasteiger partial charge in [-0.1, -0.05) is 0 Å². The SMILES string of the molecule is CCOC(=O)/C=C/c1cncc(C(=O)I)c1.